The first-order valence-electron chi connectivity index (χ1n) is 7.49. The number of benzene rings is 2. The number of nitrogens with zero attached hydrogens (tertiary/aromatic N) is 1. The third-order valence-electron chi connectivity index (χ3n) is 3.37. The number of hydrogen-bond acceptors (Lipinski definition) is 3. The molecular formula is C19H13F4NO3. The van der Waals surface area contributed by atoms with Crippen molar-refractivity contribution in [3.05, 3.63) is 71.7 Å². The summed E-state index contributed by atoms with van der Waals surface area (Å²) in [5.41, 5.74) is 1.95. The third-order valence-corrected chi connectivity index (χ3v) is 3.37. The normalized spacial score (nSPS) is 11.3. The van der Waals surface area contributed by atoms with E-state index in [4.69, 9.17) is 9.90 Å². The quantitative estimate of drug-likeness (QED) is 0.492. The number of halogens is 4. The molecular weight excluding hydrogens is 366 g/mol. The Morgan fingerprint density at radius 2 is 1.59 bits per heavy atom. The Balaban J connectivity index is 0.000000321. The van der Waals surface area contributed by atoms with Crippen LogP contribution in [0.1, 0.15) is 11.1 Å². The van der Waals surface area contributed by atoms with Gasteiger partial charge in [0.05, 0.1) is 0 Å². The molecule has 0 saturated heterocycles. The summed E-state index contributed by atoms with van der Waals surface area (Å²) in [6.07, 6.45) is 0.0857. The molecule has 0 unspecified atom stereocenters. The fourth-order valence-corrected chi connectivity index (χ4v) is 2.11. The number of aliphatic carboxylic acids is 1. The average molecular weight is 379 g/mol. The van der Waals surface area contributed by atoms with Crippen LogP contribution in [0.5, 0.6) is 5.75 Å². The van der Waals surface area contributed by atoms with Gasteiger partial charge in [0, 0.05) is 17.1 Å². The lowest BCUT2D eigenvalue weighted by Gasteiger charge is -2.03. The van der Waals surface area contributed by atoms with Crippen LogP contribution in [0.25, 0.3) is 23.1 Å². The summed E-state index contributed by atoms with van der Waals surface area (Å²) in [4.78, 5) is 13.1. The lowest BCUT2D eigenvalue weighted by molar-refractivity contribution is -0.192. The van der Waals surface area contributed by atoms with E-state index in [1.54, 1.807) is 42.6 Å². The Bertz CT molecular complexity index is 984. The van der Waals surface area contributed by atoms with Gasteiger partial charge in [-0.15, -0.1) is 0 Å². The van der Waals surface area contributed by atoms with Gasteiger partial charge < -0.3 is 10.2 Å². The Labute approximate surface area is 151 Å². The van der Waals surface area contributed by atoms with Gasteiger partial charge in [0.25, 0.3) is 0 Å². The zero-order valence-electron chi connectivity index (χ0n) is 13.6. The van der Waals surface area contributed by atoms with E-state index in [0.29, 0.717) is 11.1 Å². The molecule has 8 heteroatoms. The standard InChI is InChI=1S/C17H12FNO.C2HF3O2/c18-15-6-2-1-4-13(15)8-7-12-9-10-16(20)17-14(12)5-3-11-19-17;3-2(4,5)1(6)7/h1-11,20H;(H,6,7)/b8-7+;. The minimum Gasteiger partial charge on any atom is -0.506 e. The first kappa shape index (κ1) is 19.9. The maximum absolute atomic E-state index is 13.6. The molecule has 0 spiro atoms. The lowest BCUT2D eigenvalue weighted by Crippen LogP contribution is -2.21. The number of rotatable bonds is 2. The number of aromatic nitrogens is 1. The molecule has 0 aliphatic rings. The number of carboxylic acid groups (broad SMARTS) is 1. The molecule has 1 heterocycles. The van der Waals surface area contributed by atoms with Crippen molar-refractivity contribution in [2.24, 2.45) is 0 Å². The molecule has 0 aliphatic heterocycles. The van der Waals surface area contributed by atoms with Gasteiger partial charge in [-0.1, -0.05) is 42.5 Å². The van der Waals surface area contributed by atoms with E-state index in [9.17, 15) is 22.7 Å². The summed E-state index contributed by atoms with van der Waals surface area (Å²) in [5, 5.41) is 17.7. The van der Waals surface area contributed by atoms with E-state index < -0.39 is 12.1 Å². The van der Waals surface area contributed by atoms with Crippen molar-refractivity contribution in [3.8, 4) is 5.75 Å². The topological polar surface area (TPSA) is 70.4 Å². The number of aromatic hydroxyl groups is 1. The summed E-state index contributed by atoms with van der Waals surface area (Å²) < 4.78 is 45.3. The average Bonchev–Trinajstić information content (AvgIpc) is 2.62. The molecule has 0 amide bonds. The predicted molar refractivity (Wildman–Crippen MR) is 92.4 cm³/mol. The Morgan fingerprint density at radius 1 is 0.963 bits per heavy atom. The van der Waals surface area contributed by atoms with Crippen LogP contribution >= 0.6 is 0 Å². The van der Waals surface area contributed by atoms with Crippen molar-refractivity contribution < 1.29 is 32.6 Å². The second-order valence-corrected chi connectivity index (χ2v) is 5.23. The van der Waals surface area contributed by atoms with Crippen LogP contribution in [0.3, 0.4) is 0 Å². The molecule has 0 aliphatic carbocycles. The van der Waals surface area contributed by atoms with Gasteiger partial charge in [0.1, 0.15) is 17.1 Å². The van der Waals surface area contributed by atoms with E-state index in [1.807, 2.05) is 18.2 Å². The van der Waals surface area contributed by atoms with Crippen LogP contribution < -0.4 is 0 Å². The molecule has 0 atom stereocenters. The number of carbonyl (C=O) groups is 1. The SMILES string of the molecule is O=C(O)C(F)(F)F.Oc1ccc(/C=C/c2ccccc2F)c2cccnc12. The maximum atomic E-state index is 13.6. The Morgan fingerprint density at radius 3 is 2.22 bits per heavy atom. The van der Waals surface area contributed by atoms with Gasteiger partial charge >= 0.3 is 12.1 Å². The van der Waals surface area contributed by atoms with Crippen LogP contribution in [-0.2, 0) is 4.79 Å². The number of hydrogen-bond donors (Lipinski definition) is 2. The number of phenols is 1. The first-order chi connectivity index (χ1) is 12.7. The molecule has 3 rings (SSSR count). The Kier molecular flexibility index (Phi) is 6.12. The monoisotopic (exact) mass is 379 g/mol. The zero-order chi connectivity index (χ0) is 20.0. The molecule has 4 nitrogen and oxygen atoms in total. The van der Waals surface area contributed by atoms with E-state index in [2.05, 4.69) is 4.98 Å². The lowest BCUT2D eigenvalue weighted by atomic mass is 10.1. The number of alkyl halides is 3. The minimum absolute atomic E-state index is 0.142. The number of phenolic OH excluding ortho intramolecular Hbond substituents is 1. The van der Waals surface area contributed by atoms with E-state index in [1.165, 1.54) is 6.07 Å². The van der Waals surface area contributed by atoms with Crippen molar-refractivity contribution >= 4 is 29.0 Å². The number of pyridine rings is 1. The smallest absolute Gasteiger partial charge is 0.490 e. The van der Waals surface area contributed by atoms with Gasteiger partial charge in [-0.25, -0.2) is 9.18 Å². The molecule has 2 N–H and O–H groups in total. The molecule has 140 valence electrons. The number of carboxylic acids is 1. The summed E-state index contributed by atoms with van der Waals surface area (Å²) in [7, 11) is 0. The zero-order valence-corrected chi connectivity index (χ0v) is 13.6. The summed E-state index contributed by atoms with van der Waals surface area (Å²) >= 11 is 0. The van der Waals surface area contributed by atoms with E-state index >= 15 is 0 Å². The predicted octanol–water partition coefficient (Wildman–Crippen LogP) is 4.88. The van der Waals surface area contributed by atoms with Crippen molar-refractivity contribution in [3.63, 3.8) is 0 Å². The van der Waals surface area contributed by atoms with Crippen LogP contribution in [0, 0.1) is 5.82 Å². The summed E-state index contributed by atoms with van der Waals surface area (Å²) in [5.74, 6) is -2.87. The van der Waals surface area contributed by atoms with E-state index in [0.717, 1.165) is 10.9 Å². The maximum Gasteiger partial charge on any atom is 0.490 e. The number of fused-ring (bicyclic) bond motifs is 1. The van der Waals surface area contributed by atoms with Crippen molar-refractivity contribution in [2.75, 3.05) is 0 Å². The highest BCUT2D eigenvalue weighted by Crippen LogP contribution is 2.26. The van der Waals surface area contributed by atoms with Gasteiger partial charge in [-0.2, -0.15) is 13.2 Å². The molecule has 0 radical (unpaired) electrons. The van der Waals surface area contributed by atoms with Crippen molar-refractivity contribution in [2.45, 2.75) is 6.18 Å². The van der Waals surface area contributed by atoms with Crippen molar-refractivity contribution in [1.29, 1.82) is 0 Å². The molecule has 0 bridgehead atoms. The molecule has 27 heavy (non-hydrogen) atoms. The molecule has 3 aromatic rings. The van der Waals surface area contributed by atoms with E-state index in [-0.39, 0.29) is 11.6 Å². The molecule has 0 saturated carbocycles. The van der Waals surface area contributed by atoms with Gasteiger partial charge in [0.2, 0.25) is 0 Å². The van der Waals surface area contributed by atoms with Crippen LogP contribution in [0.4, 0.5) is 17.6 Å². The van der Waals surface area contributed by atoms with Crippen LogP contribution in [0.2, 0.25) is 0 Å². The molecule has 0 fully saturated rings. The van der Waals surface area contributed by atoms with Crippen LogP contribution in [0.15, 0.2) is 54.7 Å². The first-order valence-corrected chi connectivity index (χ1v) is 7.49. The Hall–Kier alpha value is -3.42. The fraction of sp³-hybridized carbons (Fsp3) is 0.0526. The summed E-state index contributed by atoms with van der Waals surface area (Å²) in [6, 6.07) is 13.7. The van der Waals surface area contributed by atoms with Gasteiger partial charge in [-0.3, -0.25) is 4.98 Å². The van der Waals surface area contributed by atoms with Gasteiger partial charge in [0.15, 0.2) is 0 Å². The van der Waals surface area contributed by atoms with Crippen molar-refractivity contribution in [1.82, 2.24) is 4.98 Å². The fourth-order valence-electron chi connectivity index (χ4n) is 2.11. The molecule has 1 aromatic heterocycles. The highest BCUT2D eigenvalue weighted by molar-refractivity contribution is 5.93. The largest absolute Gasteiger partial charge is 0.506 e. The van der Waals surface area contributed by atoms with Gasteiger partial charge in [-0.05, 0) is 23.8 Å². The second-order valence-electron chi connectivity index (χ2n) is 5.23. The summed E-state index contributed by atoms with van der Waals surface area (Å²) in [6.45, 7) is 0. The van der Waals surface area contributed by atoms with Crippen LogP contribution in [-0.4, -0.2) is 27.3 Å². The molecule has 2 aromatic carbocycles. The minimum atomic E-state index is -5.08. The second kappa shape index (κ2) is 8.31. The highest BCUT2D eigenvalue weighted by Gasteiger charge is 2.38. The third kappa shape index (κ3) is 5.27. The highest BCUT2D eigenvalue weighted by atomic mass is 19.4.